The number of pyridine rings is 1. The van der Waals surface area contributed by atoms with Crippen molar-refractivity contribution in [2.24, 2.45) is 0 Å². The molecule has 0 unspecified atom stereocenters. The van der Waals surface area contributed by atoms with E-state index in [0.29, 0.717) is 16.5 Å². The fourth-order valence-electron chi connectivity index (χ4n) is 1.45. The number of halogens is 5. The van der Waals surface area contributed by atoms with Crippen molar-refractivity contribution >= 4 is 23.2 Å². The lowest BCUT2D eigenvalue weighted by Crippen LogP contribution is -2.16. The summed E-state index contributed by atoms with van der Waals surface area (Å²) in [5.74, 6) is 0.0242. The highest BCUT2D eigenvalue weighted by Gasteiger charge is 2.30. The lowest BCUT2D eigenvalue weighted by atomic mass is 10.3. The lowest BCUT2D eigenvalue weighted by molar-refractivity contribution is -0.274. The minimum absolute atomic E-state index is 0.0405. The average Bonchev–Trinajstić information content (AvgIpc) is 2.40. The second kappa shape index (κ2) is 6.41. The second-order valence-electron chi connectivity index (χ2n) is 3.87. The third-order valence-corrected chi connectivity index (χ3v) is 2.87. The van der Waals surface area contributed by atoms with Crippen LogP contribution in [0.15, 0.2) is 36.4 Å². The summed E-state index contributed by atoms with van der Waals surface area (Å²) in [5, 5.41) is 0.656. The van der Waals surface area contributed by atoms with Crippen molar-refractivity contribution in [3.8, 4) is 11.5 Å². The van der Waals surface area contributed by atoms with E-state index in [1.54, 1.807) is 6.07 Å². The molecule has 3 nitrogen and oxygen atoms in total. The molecule has 0 fully saturated rings. The number of alkyl halides is 3. The van der Waals surface area contributed by atoms with Gasteiger partial charge in [-0.15, -0.1) is 13.2 Å². The first-order valence-electron chi connectivity index (χ1n) is 5.63. The zero-order chi connectivity index (χ0) is 15.5. The molecule has 8 heteroatoms. The summed E-state index contributed by atoms with van der Waals surface area (Å²) in [6.45, 7) is 0.0405. The predicted octanol–water partition coefficient (Wildman–Crippen LogP) is 4.87. The van der Waals surface area contributed by atoms with Crippen molar-refractivity contribution in [1.29, 1.82) is 0 Å². The number of benzene rings is 1. The number of hydrogen-bond acceptors (Lipinski definition) is 3. The summed E-state index contributed by atoms with van der Waals surface area (Å²) in [6, 6.07) is 8.11. The molecule has 21 heavy (non-hydrogen) atoms. The standard InChI is InChI=1S/C13H8Cl2F3NO2/c14-10-5-6-12(15)19-11(10)7-20-8-1-3-9(4-2-8)21-13(16,17)18/h1-6H,7H2. The fraction of sp³-hybridized carbons (Fsp3) is 0.154. The molecule has 1 aromatic heterocycles. The molecule has 0 spiro atoms. The largest absolute Gasteiger partial charge is 0.573 e. The third-order valence-electron chi connectivity index (χ3n) is 2.32. The van der Waals surface area contributed by atoms with Crippen molar-refractivity contribution in [2.45, 2.75) is 13.0 Å². The van der Waals surface area contributed by atoms with Crippen LogP contribution in [0.2, 0.25) is 10.2 Å². The highest BCUT2D eigenvalue weighted by molar-refractivity contribution is 6.32. The van der Waals surface area contributed by atoms with E-state index >= 15 is 0 Å². The van der Waals surface area contributed by atoms with E-state index in [-0.39, 0.29) is 17.5 Å². The molecule has 2 aromatic rings. The van der Waals surface area contributed by atoms with E-state index in [0.717, 1.165) is 12.1 Å². The fourth-order valence-corrected chi connectivity index (χ4v) is 1.77. The molecule has 0 radical (unpaired) electrons. The molecule has 0 aliphatic carbocycles. The van der Waals surface area contributed by atoms with Crippen molar-refractivity contribution in [3.05, 3.63) is 52.3 Å². The number of rotatable bonds is 4. The Morgan fingerprint density at radius 1 is 0.952 bits per heavy atom. The number of hydrogen-bond donors (Lipinski definition) is 0. The molecular weight excluding hydrogens is 330 g/mol. The Balaban J connectivity index is 1.99. The van der Waals surface area contributed by atoms with E-state index in [2.05, 4.69) is 9.72 Å². The van der Waals surface area contributed by atoms with Crippen LogP contribution in [0.1, 0.15) is 5.69 Å². The Morgan fingerprint density at radius 3 is 2.19 bits per heavy atom. The smallest absolute Gasteiger partial charge is 0.487 e. The summed E-state index contributed by atoms with van der Waals surface area (Å²) >= 11 is 11.6. The Labute approximate surface area is 128 Å². The molecular formula is C13H8Cl2F3NO2. The van der Waals surface area contributed by atoms with E-state index in [9.17, 15) is 13.2 Å². The normalized spacial score (nSPS) is 11.3. The minimum atomic E-state index is -4.72. The second-order valence-corrected chi connectivity index (χ2v) is 4.66. The van der Waals surface area contributed by atoms with E-state index in [1.165, 1.54) is 18.2 Å². The van der Waals surface area contributed by atoms with Gasteiger partial charge in [-0.25, -0.2) is 4.98 Å². The van der Waals surface area contributed by atoms with Crippen molar-refractivity contribution in [3.63, 3.8) is 0 Å². The SMILES string of the molecule is FC(F)(F)Oc1ccc(OCc2nc(Cl)ccc2Cl)cc1. The molecule has 1 aromatic carbocycles. The molecule has 0 amide bonds. The van der Waals surface area contributed by atoms with E-state index < -0.39 is 6.36 Å². The van der Waals surface area contributed by atoms with Gasteiger partial charge in [0.2, 0.25) is 0 Å². The van der Waals surface area contributed by atoms with E-state index in [4.69, 9.17) is 27.9 Å². The summed E-state index contributed by atoms with van der Waals surface area (Å²) in [6.07, 6.45) is -4.72. The van der Waals surface area contributed by atoms with Crippen LogP contribution in [0.25, 0.3) is 0 Å². The van der Waals surface area contributed by atoms with Gasteiger partial charge in [-0.2, -0.15) is 0 Å². The molecule has 0 aliphatic heterocycles. The number of nitrogens with zero attached hydrogens (tertiary/aromatic N) is 1. The van der Waals surface area contributed by atoms with E-state index in [1.807, 2.05) is 0 Å². The van der Waals surface area contributed by atoms with Gasteiger partial charge in [0.15, 0.2) is 0 Å². The van der Waals surface area contributed by atoms with Crippen LogP contribution in [-0.4, -0.2) is 11.3 Å². The van der Waals surface area contributed by atoms with Gasteiger partial charge in [-0.3, -0.25) is 0 Å². The Morgan fingerprint density at radius 2 is 1.57 bits per heavy atom. The van der Waals surface area contributed by atoms with Crippen LogP contribution in [0.4, 0.5) is 13.2 Å². The van der Waals surface area contributed by atoms with Crippen LogP contribution in [0.3, 0.4) is 0 Å². The Bertz CT molecular complexity index is 618. The van der Waals surface area contributed by atoms with Gasteiger partial charge < -0.3 is 9.47 Å². The minimum Gasteiger partial charge on any atom is -0.487 e. The lowest BCUT2D eigenvalue weighted by Gasteiger charge is -2.10. The highest BCUT2D eigenvalue weighted by Crippen LogP contribution is 2.25. The van der Waals surface area contributed by atoms with Gasteiger partial charge in [-0.05, 0) is 36.4 Å². The monoisotopic (exact) mass is 337 g/mol. The van der Waals surface area contributed by atoms with Gasteiger partial charge in [0.25, 0.3) is 0 Å². The average molecular weight is 338 g/mol. The summed E-state index contributed by atoms with van der Waals surface area (Å²) in [7, 11) is 0. The molecule has 0 saturated carbocycles. The summed E-state index contributed by atoms with van der Waals surface area (Å²) < 4.78 is 45.1. The zero-order valence-electron chi connectivity index (χ0n) is 10.3. The van der Waals surface area contributed by atoms with Crippen LogP contribution in [-0.2, 0) is 6.61 Å². The van der Waals surface area contributed by atoms with Crippen LogP contribution >= 0.6 is 23.2 Å². The Kier molecular flexibility index (Phi) is 4.80. The quantitative estimate of drug-likeness (QED) is 0.746. The van der Waals surface area contributed by atoms with Gasteiger partial charge in [0.05, 0.1) is 10.7 Å². The maximum absolute atomic E-state index is 12.0. The van der Waals surface area contributed by atoms with Gasteiger partial charge >= 0.3 is 6.36 Å². The van der Waals surface area contributed by atoms with Crippen molar-refractivity contribution < 1.29 is 22.6 Å². The van der Waals surface area contributed by atoms with Crippen LogP contribution in [0.5, 0.6) is 11.5 Å². The molecule has 0 aliphatic rings. The first kappa shape index (κ1) is 15.7. The maximum atomic E-state index is 12.0. The van der Waals surface area contributed by atoms with Crippen molar-refractivity contribution in [1.82, 2.24) is 4.98 Å². The summed E-state index contributed by atoms with van der Waals surface area (Å²) in [4.78, 5) is 3.99. The number of aromatic nitrogens is 1. The predicted molar refractivity (Wildman–Crippen MR) is 71.7 cm³/mol. The van der Waals surface area contributed by atoms with Gasteiger partial charge in [-0.1, -0.05) is 23.2 Å². The molecule has 2 rings (SSSR count). The maximum Gasteiger partial charge on any atom is 0.573 e. The summed E-state index contributed by atoms with van der Waals surface area (Å²) in [5.41, 5.74) is 0.430. The van der Waals surface area contributed by atoms with Crippen molar-refractivity contribution in [2.75, 3.05) is 0 Å². The van der Waals surface area contributed by atoms with Crippen LogP contribution in [0, 0.1) is 0 Å². The molecule has 1 heterocycles. The molecule has 0 bridgehead atoms. The zero-order valence-corrected chi connectivity index (χ0v) is 11.8. The molecule has 0 atom stereocenters. The molecule has 112 valence electrons. The third kappa shape index (κ3) is 4.99. The van der Waals surface area contributed by atoms with Gasteiger partial charge in [0, 0.05) is 0 Å². The number of ether oxygens (including phenoxy) is 2. The topological polar surface area (TPSA) is 31.4 Å². The van der Waals surface area contributed by atoms with Gasteiger partial charge in [0.1, 0.15) is 23.3 Å². The first-order valence-corrected chi connectivity index (χ1v) is 6.38. The molecule has 0 saturated heterocycles. The highest BCUT2D eigenvalue weighted by atomic mass is 35.5. The molecule has 0 N–H and O–H groups in total. The first-order chi connectivity index (χ1) is 9.83. The Hall–Kier alpha value is -1.66. The van der Waals surface area contributed by atoms with Crippen LogP contribution < -0.4 is 9.47 Å².